The lowest BCUT2D eigenvalue weighted by Crippen LogP contribution is -2.28. The molecule has 2 aromatic rings. The highest BCUT2D eigenvalue weighted by molar-refractivity contribution is 7.91. The number of nitrogens with one attached hydrogen (secondary N) is 2. The smallest absolute Gasteiger partial charge is 0.250 e. The Hall–Kier alpha value is -1.66. The Morgan fingerprint density at radius 2 is 2.10 bits per heavy atom. The third-order valence-corrected chi connectivity index (χ3v) is 5.61. The van der Waals surface area contributed by atoms with Crippen molar-refractivity contribution in [1.29, 1.82) is 5.26 Å². The van der Waals surface area contributed by atoms with Crippen molar-refractivity contribution in [3.8, 4) is 6.07 Å². The van der Waals surface area contributed by atoms with Crippen molar-refractivity contribution in [3.05, 3.63) is 40.4 Å². The van der Waals surface area contributed by atoms with Crippen molar-refractivity contribution in [3.63, 3.8) is 0 Å². The molecule has 0 fully saturated rings. The van der Waals surface area contributed by atoms with E-state index in [4.69, 9.17) is 16.9 Å². The van der Waals surface area contributed by atoms with Crippen LogP contribution in [0.3, 0.4) is 0 Å². The van der Waals surface area contributed by atoms with Crippen LogP contribution in [-0.2, 0) is 10.0 Å². The van der Waals surface area contributed by atoms with E-state index >= 15 is 0 Å². The molecule has 0 atom stereocenters. The van der Waals surface area contributed by atoms with Gasteiger partial charge in [-0.1, -0.05) is 11.6 Å². The van der Waals surface area contributed by atoms with Crippen molar-refractivity contribution in [2.24, 2.45) is 0 Å². The van der Waals surface area contributed by atoms with Gasteiger partial charge in [-0.15, -0.1) is 11.3 Å². The van der Waals surface area contributed by atoms with Gasteiger partial charge < -0.3 is 5.32 Å². The second-order valence-corrected chi connectivity index (χ2v) is 7.64. The van der Waals surface area contributed by atoms with E-state index in [1.807, 2.05) is 6.07 Å². The Balaban J connectivity index is 1.83. The molecule has 0 saturated heterocycles. The third kappa shape index (κ3) is 4.41. The number of anilines is 1. The summed E-state index contributed by atoms with van der Waals surface area (Å²) in [6.07, 6.45) is 1.44. The first-order valence-corrected chi connectivity index (χ1v) is 8.54. The van der Waals surface area contributed by atoms with E-state index in [0.717, 1.165) is 11.3 Å². The molecule has 2 N–H and O–H groups in total. The zero-order valence-corrected chi connectivity index (χ0v) is 13.1. The Kier molecular flexibility index (Phi) is 5.14. The van der Waals surface area contributed by atoms with E-state index in [0.29, 0.717) is 22.3 Å². The zero-order chi connectivity index (χ0) is 15.3. The SMILES string of the molecule is N#Cc1ccc(NCCNS(=O)(=O)c2ccc(Cl)s2)nc1. The number of halogens is 1. The summed E-state index contributed by atoms with van der Waals surface area (Å²) in [6.45, 7) is 0.580. The lowest BCUT2D eigenvalue weighted by molar-refractivity contribution is 0.585. The lowest BCUT2D eigenvalue weighted by Gasteiger charge is -2.07. The average molecular weight is 343 g/mol. The molecule has 0 spiro atoms. The topological polar surface area (TPSA) is 94.9 Å². The zero-order valence-electron chi connectivity index (χ0n) is 10.7. The van der Waals surface area contributed by atoms with Crippen LogP contribution >= 0.6 is 22.9 Å². The molecular weight excluding hydrogens is 332 g/mol. The highest BCUT2D eigenvalue weighted by Gasteiger charge is 2.15. The fourth-order valence-electron chi connectivity index (χ4n) is 1.45. The van der Waals surface area contributed by atoms with Crippen molar-refractivity contribution in [2.45, 2.75) is 4.21 Å². The number of hydrogen-bond acceptors (Lipinski definition) is 6. The number of pyridine rings is 1. The number of aromatic nitrogens is 1. The summed E-state index contributed by atoms with van der Waals surface area (Å²) in [5.74, 6) is 0.576. The van der Waals surface area contributed by atoms with Gasteiger partial charge in [0.05, 0.1) is 9.90 Å². The van der Waals surface area contributed by atoms with Crippen LogP contribution in [0.5, 0.6) is 0 Å². The van der Waals surface area contributed by atoms with Crippen molar-refractivity contribution in [2.75, 3.05) is 18.4 Å². The van der Waals surface area contributed by atoms with Gasteiger partial charge in [-0.05, 0) is 24.3 Å². The van der Waals surface area contributed by atoms with Gasteiger partial charge in [0.2, 0.25) is 10.0 Å². The maximum atomic E-state index is 11.9. The van der Waals surface area contributed by atoms with E-state index in [1.165, 1.54) is 12.3 Å². The number of nitrogens with zero attached hydrogens (tertiary/aromatic N) is 2. The Morgan fingerprint density at radius 3 is 2.67 bits per heavy atom. The van der Waals surface area contributed by atoms with Gasteiger partial charge in [0.15, 0.2) is 0 Å². The maximum absolute atomic E-state index is 11.9. The fourth-order valence-corrected chi connectivity index (χ4v) is 4.01. The summed E-state index contributed by atoms with van der Waals surface area (Å²) in [6, 6.07) is 8.27. The molecule has 110 valence electrons. The molecule has 21 heavy (non-hydrogen) atoms. The quantitative estimate of drug-likeness (QED) is 0.783. The second kappa shape index (κ2) is 6.87. The number of hydrogen-bond donors (Lipinski definition) is 2. The molecule has 9 heteroatoms. The van der Waals surface area contributed by atoms with Crippen LogP contribution in [0.25, 0.3) is 0 Å². The predicted octanol–water partition coefficient (Wildman–Crippen LogP) is 2.06. The molecule has 0 aromatic carbocycles. The predicted molar refractivity (Wildman–Crippen MR) is 82.0 cm³/mol. The molecular formula is C12H11ClN4O2S2. The average Bonchev–Trinajstić information content (AvgIpc) is 2.92. The summed E-state index contributed by atoms with van der Waals surface area (Å²) < 4.78 is 26.9. The van der Waals surface area contributed by atoms with Crippen LogP contribution in [0.15, 0.2) is 34.7 Å². The summed E-state index contributed by atoms with van der Waals surface area (Å²) >= 11 is 6.72. The molecule has 0 aliphatic carbocycles. The van der Waals surface area contributed by atoms with Gasteiger partial charge in [0.1, 0.15) is 16.1 Å². The van der Waals surface area contributed by atoms with Crippen LogP contribution in [0, 0.1) is 11.3 Å². The molecule has 2 heterocycles. The third-order valence-electron chi connectivity index (χ3n) is 2.43. The van der Waals surface area contributed by atoms with E-state index < -0.39 is 10.0 Å². The summed E-state index contributed by atoms with van der Waals surface area (Å²) in [5.41, 5.74) is 0.468. The number of rotatable bonds is 6. The molecule has 0 aliphatic heterocycles. The number of nitriles is 1. The van der Waals surface area contributed by atoms with Gasteiger partial charge in [0.25, 0.3) is 0 Å². The first kappa shape index (κ1) is 15.7. The molecule has 0 bridgehead atoms. The van der Waals surface area contributed by atoms with Gasteiger partial charge in [-0.2, -0.15) is 5.26 Å². The maximum Gasteiger partial charge on any atom is 0.250 e. The summed E-state index contributed by atoms with van der Waals surface area (Å²) in [4.78, 5) is 4.02. The number of thiophene rings is 1. The van der Waals surface area contributed by atoms with E-state index in [2.05, 4.69) is 15.0 Å². The van der Waals surface area contributed by atoms with Gasteiger partial charge in [-0.25, -0.2) is 18.1 Å². The largest absolute Gasteiger partial charge is 0.369 e. The summed E-state index contributed by atoms with van der Waals surface area (Å²) in [7, 11) is -3.52. The van der Waals surface area contributed by atoms with Crippen molar-refractivity contribution < 1.29 is 8.42 Å². The van der Waals surface area contributed by atoms with Crippen LogP contribution in [0.1, 0.15) is 5.56 Å². The highest BCUT2D eigenvalue weighted by Crippen LogP contribution is 2.25. The number of sulfonamides is 1. The van der Waals surface area contributed by atoms with Crippen LogP contribution < -0.4 is 10.0 Å². The highest BCUT2D eigenvalue weighted by atomic mass is 35.5. The van der Waals surface area contributed by atoms with Crippen molar-refractivity contribution >= 4 is 38.8 Å². The minimum atomic E-state index is -3.52. The molecule has 2 aromatic heterocycles. The van der Waals surface area contributed by atoms with E-state index in [-0.39, 0.29) is 10.8 Å². The molecule has 0 unspecified atom stereocenters. The summed E-state index contributed by atoms with van der Waals surface area (Å²) in [5, 5.41) is 11.6. The first-order chi connectivity index (χ1) is 10.0. The minimum absolute atomic E-state index is 0.184. The van der Waals surface area contributed by atoms with Crippen LogP contribution in [0.2, 0.25) is 4.34 Å². The second-order valence-electron chi connectivity index (χ2n) is 3.93. The lowest BCUT2D eigenvalue weighted by atomic mass is 10.3. The molecule has 0 saturated carbocycles. The first-order valence-electron chi connectivity index (χ1n) is 5.86. The van der Waals surface area contributed by atoms with Crippen molar-refractivity contribution in [1.82, 2.24) is 9.71 Å². The minimum Gasteiger partial charge on any atom is -0.369 e. The molecule has 6 nitrogen and oxygen atoms in total. The van der Waals surface area contributed by atoms with Gasteiger partial charge >= 0.3 is 0 Å². The van der Waals surface area contributed by atoms with Crippen LogP contribution in [-0.4, -0.2) is 26.5 Å². The Bertz CT molecular complexity index is 750. The standard InChI is InChI=1S/C12H11ClN4O2S2/c13-10-2-4-12(20-10)21(18,19)17-6-5-15-11-3-1-9(7-14)8-16-11/h1-4,8,17H,5-6H2,(H,15,16). The van der Waals surface area contributed by atoms with E-state index in [1.54, 1.807) is 18.2 Å². The molecule has 2 rings (SSSR count). The van der Waals surface area contributed by atoms with E-state index in [9.17, 15) is 8.42 Å². The monoisotopic (exact) mass is 342 g/mol. The van der Waals surface area contributed by atoms with Crippen LogP contribution in [0.4, 0.5) is 5.82 Å². The normalized spacial score (nSPS) is 11.0. The van der Waals surface area contributed by atoms with Gasteiger partial charge in [-0.3, -0.25) is 0 Å². The molecule has 0 radical (unpaired) electrons. The van der Waals surface area contributed by atoms with Gasteiger partial charge in [0, 0.05) is 19.3 Å². The molecule has 0 aliphatic rings. The fraction of sp³-hybridized carbons (Fsp3) is 0.167. The molecule has 0 amide bonds. The Labute approximate surface area is 131 Å². The Morgan fingerprint density at radius 1 is 1.29 bits per heavy atom.